The van der Waals surface area contributed by atoms with Crippen molar-refractivity contribution in [1.29, 1.82) is 0 Å². The van der Waals surface area contributed by atoms with E-state index >= 15 is 0 Å². The van der Waals surface area contributed by atoms with Gasteiger partial charge >= 0.3 is 6.18 Å². The molecule has 0 amide bonds. The lowest BCUT2D eigenvalue weighted by Gasteiger charge is -2.06. The van der Waals surface area contributed by atoms with Crippen LogP contribution in [-0.2, 0) is 18.3 Å². The van der Waals surface area contributed by atoms with Gasteiger partial charge in [-0.2, -0.15) is 18.2 Å². The lowest BCUT2D eigenvalue weighted by molar-refractivity contribution is -0.137. The van der Waals surface area contributed by atoms with Crippen molar-refractivity contribution in [3.05, 3.63) is 93.2 Å². The number of aromatic nitrogens is 4. The van der Waals surface area contributed by atoms with Gasteiger partial charge in [0, 0.05) is 23.2 Å². The number of alkyl halides is 3. The molecule has 0 aliphatic rings. The summed E-state index contributed by atoms with van der Waals surface area (Å²) in [7, 11) is 0. The van der Waals surface area contributed by atoms with Crippen molar-refractivity contribution in [1.82, 2.24) is 20.1 Å². The Bertz CT molecular complexity index is 1270. The third kappa shape index (κ3) is 5.08. The van der Waals surface area contributed by atoms with Crippen LogP contribution in [0.2, 0.25) is 0 Å². The van der Waals surface area contributed by atoms with Gasteiger partial charge in [-0.3, -0.25) is 4.79 Å². The minimum Gasteiger partial charge on any atom is -0.338 e. The highest BCUT2D eigenvalue weighted by Gasteiger charge is 2.30. The van der Waals surface area contributed by atoms with Crippen molar-refractivity contribution in [2.24, 2.45) is 0 Å². The molecular weight excluding hydrogens is 441 g/mol. The van der Waals surface area contributed by atoms with Crippen molar-refractivity contribution in [3.8, 4) is 11.4 Å². The Morgan fingerprint density at radius 3 is 2.41 bits per heavy atom. The molecule has 0 aliphatic heterocycles. The summed E-state index contributed by atoms with van der Waals surface area (Å²) in [6.45, 7) is 1.78. The van der Waals surface area contributed by atoms with Gasteiger partial charge in [-0.05, 0) is 24.6 Å². The van der Waals surface area contributed by atoms with E-state index in [1.807, 2.05) is 30.3 Å². The van der Waals surface area contributed by atoms with Crippen molar-refractivity contribution in [2.75, 3.05) is 0 Å². The summed E-state index contributed by atoms with van der Waals surface area (Å²) in [5.74, 6) is 0.692. The predicted molar refractivity (Wildman–Crippen MR) is 113 cm³/mol. The molecule has 2 heterocycles. The zero-order chi connectivity index (χ0) is 22.7. The topological polar surface area (TPSA) is 84.7 Å². The molecule has 0 atom stereocenters. The van der Waals surface area contributed by atoms with Gasteiger partial charge in [-0.25, -0.2) is 4.98 Å². The van der Waals surface area contributed by atoms with Gasteiger partial charge in [0.2, 0.25) is 11.7 Å². The van der Waals surface area contributed by atoms with E-state index in [0.717, 1.165) is 17.7 Å². The van der Waals surface area contributed by atoms with Gasteiger partial charge in [0.25, 0.3) is 5.56 Å². The minimum absolute atomic E-state index is 0.185. The monoisotopic (exact) mass is 458 g/mol. The molecule has 164 valence electrons. The van der Waals surface area contributed by atoms with Crippen LogP contribution in [0.25, 0.3) is 11.4 Å². The van der Waals surface area contributed by atoms with E-state index in [0.29, 0.717) is 28.4 Å². The lowest BCUT2D eigenvalue weighted by atomic mass is 10.1. The Labute approximate surface area is 184 Å². The first-order valence-electron chi connectivity index (χ1n) is 9.56. The Morgan fingerprint density at radius 2 is 1.75 bits per heavy atom. The molecule has 32 heavy (non-hydrogen) atoms. The number of H-pyrrole nitrogens is 1. The molecule has 0 unspecified atom stereocenters. The van der Waals surface area contributed by atoms with Crippen molar-refractivity contribution >= 4 is 11.8 Å². The molecule has 0 saturated heterocycles. The average Bonchev–Trinajstić information content (AvgIpc) is 3.24. The second-order valence-corrected chi connectivity index (χ2v) is 7.94. The van der Waals surface area contributed by atoms with Crippen molar-refractivity contribution in [2.45, 2.75) is 30.4 Å². The van der Waals surface area contributed by atoms with Crippen molar-refractivity contribution in [3.63, 3.8) is 0 Å². The fourth-order valence-electron chi connectivity index (χ4n) is 3.03. The van der Waals surface area contributed by atoms with E-state index in [2.05, 4.69) is 20.1 Å². The number of benzene rings is 2. The first-order chi connectivity index (χ1) is 15.3. The van der Waals surface area contributed by atoms with E-state index in [9.17, 15) is 18.0 Å². The fraction of sp³-hybridized carbons (Fsp3) is 0.182. The highest BCUT2D eigenvalue weighted by atomic mass is 32.2. The summed E-state index contributed by atoms with van der Waals surface area (Å²) < 4.78 is 43.3. The molecule has 2 aromatic carbocycles. The first-order valence-corrected chi connectivity index (χ1v) is 10.5. The van der Waals surface area contributed by atoms with Gasteiger partial charge in [0.1, 0.15) is 0 Å². The molecule has 0 bridgehead atoms. The number of aromatic amines is 1. The third-order valence-corrected chi connectivity index (χ3v) is 5.55. The zero-order valence-corrected chi connectivity index (χ0v) is 17.6. The quantitative estimate of drug-likeness (QED) is 0.322. The number of rotatable bonds is 6. The summed E-state index contributed by atoms with van der Waals surface area (Å²) in [4.78, 5) is 23.9. The van der Waals surface area contributed by atoms with Gasteiger partial charge < -0.3 is 9.51 Å². The molecule has 0 radical (unpaired) electrons. The Balaban J connectivity index is 1.43. The maximum atomic E-state index is 12.7. The fourth-order valence-corrected chi connectivity index (χ4v) is 3.77. The molecule has 0 saturated carbocycles. The van der Waals surface area contributed by atoms with E-state index < -0.39 is 11.7 Å². The zero-order valence-electron chi connectivity index (χ0n) is 16.8. The molecule has 2 aromatic heterocycles. The standard InChI is InChI=1S/C22H17F3N4O2S/c1-13-17(11-14-5-3-2-4-6-14)20(30)28-21(26-13)32-12-18-27-19(29-31-18)15-7-9-16(10-8-15)22(23,24)25/h2-10H,11-12H2,1H3,(H,26,28,30). The Morgan fingerprint density at radius 1 is 1.03 bits per heavy atom. The molecule has 0 aliphatic carbocycles. The summed E-state index contributed by atoms with van der Waals surface area (Å²) in [5.41, 5.74) is 1.70. The number of hydrogen-bond donors (Lipinski definition) is 1. The van der Waals surface area contributed by atoms with E-state index in [4.69, 9.17) is 4.52 Å². The van der Waals surface area contributed by atoms with Gasteiger partial charge in [0.05, 0.1) is 11.3 Å². The summed E-state index contributed by atoms with van der Waals surface area (Å²) in [5, 5.41) is 4.23. The number of thioether (sulfide) groups is 1. The van der Waals surface area contributed by atoms with Gasteiger partial charge in [-0.15, -0.1) is 0 Å². The highest BCUT2D eigenvalue weighted by molar-refractivity contribution is 7.98. The molecule has 10 heteroatoms. The molecule has 4 aromatic rings. The number of nitrogens with one attached hydrogen (secondary N) is 1. The molecule has 0 fully saturated rings. The van der Waals surface area contributed by atoms with Gasteiger partial charge in [-0.1, -0.05) is 59.4 Å². The van der Waals surface area contributed by atoms with Crippen LogP contribution in [0.1, 0.15) is 28.3 Å². The predicted octanol–water partition coefficient (Wildman–Crippen LogP) is 5.03. The maximum absolute atomic E-state index is 12.7. The molecule has 6 nitrogen and oxygen atoms in total. The van der Waals surface area contributed by atoms with Gasteiger partial charge in [0.15, 0.2) is 5.16 Å². The van der Waals surface area contributed by atoms with Crippen LogP contribution in [0.3, 0.4) is 0 Å². The third-order valence-electron chi connectivity index (χ3n) is 4.70. The molecule has 1 N–H and O–H groups in total. The normalized spacial score (nSPS) is 11.6. The van der Waals surface area contributed by atoms with E-state index in [1.165, 1.54) is 23.9 Å². The van der Waals surface area contributed by atoms with Crippen LogP contribution in [0, 0.1) is 6.92 Å². The largest absolute Gasteiger partial charge is 0.416 e. The molecular formula is C22H17F3N4O2S. The van der Waals surface area contributed by atoms with Crippen LogP contribution in [0.15, 0.2) is 69.1 Å². The van der Waals surface area contributed by atoms with E-state index in [1.54, 1.807) is 6.92 Å². The highest BCUT2D eigenvalue weighted by Crippen LogP contribution is 2.30. The van der Waals surface area contributed by atoms with Crippen LogP contribution in [-0.4, -0.2) is 20.1 Å². The number of hydrogen-bond acceptors (Lipinski definition) is 6. The van der Waals surface area contributed by atoms with Crippen LogP contribution in [0.4, 0.5) is 13.2 Å². The Kier molecular flexibility index (Phi) is 6.13. The maximum Gasteiger partial charge on any atom is 0.416 e. The number of nitrogens with zero attached hydrogens (tertiary/aromatic N) is 3. The van der Waals surface area contributed by atoms with Crippen LogP contribution >= 0.6 is 11.8 Å². The number of aryl methyl sites for hydroxylation is 1. The smallest absolute Gasteiger partial charge is 0.338 e. The second-order valence-electron chi connectivity index (χ2n) is 6.97. The van der Waals surface area contributed by atoms with Crippen LogP contribution in [0.5, 0.6) is 0 Å². The minimum atomic E-state index is -4.41. The first kappa shape index (κ1) is 21.8. The average molecular weight is 458 g/mol. The molecule has 0 spiro atoms. The summed E-state index contributed by atoms with van der Waals surface area (Å²) >= 11 is 1.22. The number of halogens is 3. The lowest BCUT2D eigenvalue weighted by Crippen LogP contribution is -2.17. The molecule has 4 rings (SSSR count). The summed E-state index contributed by atoms with van der Waals surface area (Å²) in [6.07, 6.45) is -3.92. The van der Waals surface area contributed by atoms with E-state index in [-0.39, 0.29) is 23.0 Å². The van der Waals surface area contributed by atoms with Crippen molar-refractivity contribution < 1.29 is 17.7 Å². The second kappa shape index (κ2) is 8.99. The van der Waals surface area contributed by atoms with Crippen LogP contribution < -0.4 is 5.56 Å². The summed E-state index contributed by atoms with van der Waals surface area (Å²) in [6, 6.07) is 14.2. The SMILES string of the molecule is Cc1nc(SCc2nc(-c3ccc(C(F)(F)F)cc3)no2)[nH]c(=O)c1Cc1ccccc1. The Hall–Kier alpha value is -3.40.